The van der Waals surface area contributed by atoms with Gasteiger partial charge in [-0.2, -0.15) is 0 Å². The molecule has 1 aliphatic rings. The first-order chi connectivity index (χ1) is 15.0. The summed E-state index contributed by atoms with van der Waals surface area (Å²) in [7, 11) is 1.58. The second kappa shape index (κ2) is 11.2. The van der Waals surface area contributed by atoms with Crippen molar-refractivity contribution in [1.82, 2.24) is 10.2 Å². The van der Waals surface area contributed by atoms with Gasteiger partial charge >= 0.3 is 0 Å². The number of nitrogens with zero attached hydrogens (tertiary/aromatic N) is 1. The highest BCUT2D eigenvalue weighted by molar-refractivity contribution is 9.10. The predicted octanol–water partition coefficient (Wildman–Crippen LogP) is 3.84. The zero-order valence-electron chi connectivity index (χ0n) is 17.2. The lowest BCUT2D eigenvalue weighted by Crippen LogP contribution is -2.35. The number of hydrogen-bond acceptors (Lipinski definition) is 5. The number of thiocarbonyl (C=S) groups is 1. The van der Waals surface area contributed by atoms with Crippen molar-refractivity contribution in [1.29, 1.82) is 0 Å². The molecule has 1 aliphatic heterocycles. The highest BCUT2D eigenvalue weighted by Gasteiger charge is 2.22. The van der Waals surface area contributed by atoms with Crippen LogP contribution in [0.1, 0.15) is 33.6 Å². The van der Waals surface area contributed by atoms with E-state index in [1.165, 1.54) is 0 Å². The van der Waals surface area contributed by atoms with Crippen LogP contribution < -0.4 is 15.4 Å². The van der Waals surface area contributed by atoms with Gasteiger partial charge in [-0.1, -0.05) is 28.1 Å². The maximum absolute atomic E-state index is 12.8. The Kier molecular flexibility index (Phi) is 8.39. The van der Waals surface area contributed by atoms with Gasteiger partial charge in [0.05, 0.1) is 23.4 Å². The van der Waals surface area contributed by atoms with Crippen molar-refractivity contribution in [3.05, 3.63) is 58.1 Å². The fourth-order valence-electron chi connectivity index (χ4n) is 3.23. The lowest BCUT2D eigenvalue weighted by molar-refractivity contribution is 0.0793. The van der Waals surface area contributed by atoms with Gasteiger partial charge < -0.3 is 19.7 Å². The SMILES string of the molecule is COCCOc1ccc(Br)cc1C(=O)NC(=S)Nc1ccccc1C(=O)N1CCCC1. The number of amides is 2. The van der Waals surface area contributed by atoms with Crippen LogP contribution in [0, 0.1) is 0 Å². The number of halogens is 1. The molecule has 2 aromatic carbocycles. The zero-order chi connectivity index (χ0) is 22.2. The van der Waals surface area contributed by atoms with E-state index in [0.29, 0.717) is 35.8 Å². The molecule has 0 unspecified atom stereocenters. The van der Waals surface area contributed by atoms with Crippen molar-refractivity contribution in [2.24, 2.45) is 0 Å². The molecule has 0 spiro atoms. The van der Waals surface area contributed by atoms with E-state index in [1.807, 2.05) is 11.0 Å². The van der Waals surface area contributed by atoms with Crippen molar-refractivity contribution in [3.63, 3.8) is 0 Å². The minimum atomic E-state index is -0.422. The first-order valence-electron chi connectivity index (χ1n) is 9.91. The molecule has 2 N–H and O–H groups in total. The van der Waals surface area contributed by atoms with Crippen LogP contribution in [0.15, 0.2) is 46.9 Å². The molecule has 1 heterocycles. The Bertz CT molecular complexity index is 964. The van der Waals surface area contributed by atoms with Gasteiger partial charge in [0.1, 0.15) is 12.4 Å². The van der Waals surface area contributed by atoms with E-state index >= 15 is 0 Å². The number of ether oxygens (including phenoxy) is 2. The molecule has 0 atom stereocenters. The van der Waals surface area contributed by atoms with Gasteiger partial charge in [0.2, 0.25) is 0 Å². The number of benzene rings is 2. The maximum atomic E-state index is 12.8. The lowest BCUT2D eigenvalue weighted by atomic mass is 10.1. The summed E-state index contributed by atoms with van der Waals surface area (Å²) >= 11 is 8.71. The monoisotopic (exact) mass is 505 g/mol. The quantitative estimate of drug-likeness (QED) is 0.439. The van der Waals surface area contributed by atoms with E-state index < -0.39 is 5.91 Å². The minimum absolute atomic E-state index is 0.0458. The van der Waals surface area contributed by atoms with Gasteiger partial charge in [0, 0.05) is 24.7 Å². The van der Waals surface area contributed by atoms with Crippen molar-refractivity contribution < 1.29 is 19.1 Å². The van der Waals surface area contributed by atoms with Gasteiger partial charge in [-0.25, -0.2) is 0 Å². The normalized spacial score (nSPS) is 13.0. The molecule has 0 aliphatic carbocycles. The first kappa shape index (κ1) is 23.2. The summed E-state index contributed by atoms with van der Waals surface area (Å²) < 4.78 is 11.4. The number of para-hydroxylation sites is 1. The number of likely N-dealkylation sites (tertiary alicyclic amines) is 1. The van der Waals surface area contributed by atoms with Gasteiger partial charge in [0.15, 0.2) is 5.11 Å². The van der Waals surface area contributed by atoms with E-state index in [1.54, 1.807) is 43.5 Å². The molecule has 164 valence electrons. The third kappa shape index (κ3) is 6.25. The summed E-state index contributed by atoms with van der Waals surface area (Å²) in [6.07, 6.45) is 2.02. The summed E-state index contributed by atoms with van der Waals surface area (Å²) in [6, 6.07) is 12.3. The third-order valence-electron chi connectivity index (χ3n) is 4.76. The second-order valence-corrected chi connectivity index (χ2v) is 8.26. The molecule has 1 saturated heterocycles. The molecule has 31 heavy (non-hydrogen) atoms. The smallest absolute Gasteiger partial charge is 0.261 e. The van der Waals surface area contributed by atoms with Crippen molar-refractivity contribution in [2.75, 3.05) is 38.7 Å². The number of nitrogens with one attached hydrogen (secondary N) is 2. The molecule has 1 fully saturated rings. The van der Waals surface area contributed by atoms with Crippen molar-refractivity contribution in [2.45, 2.75) is 12.8 Å². The highest BCUT2D eigenvalue weighted by atomic mass is 79.9. The van der Waals surface area contributed by atoms with E-state index in [9.17, 15) is 9.59 Å². The number of carbonyl (C=O) groups excluding carboxylic acids is 2. The van der Waals surface area contributed by atoms with Gasteiger partial charge in [-0.05, 0) is 55.4 Å². The Balaban J connectivity index is 1.70. The Morgan fingerprint density at radius 1 is 1.10 bits per heavy atom. The van der Waals surface area contributed by atoms with Crippen LogP contribution in [-0.4, -0.2) is 55.2 Å². The standard InChI is InChI=1S/C22H24BrN3O4S/c1-29-12-13-30-19-9-8-15(23)14-17(19)20(27)25-22(31)24-18-7-3-2-6-16(18)21(28)26-10-4-5-11-26/h2-3,6-9,14H,4-5,10-13H2,1H3,(H2,24,25,27,31). The predicted molar refractivity (Wildman–Crippen MR) is 127 cm³/mol. The molecule has 7 nitrogen and oxygen atoms in total. The second-order valence-electron chi connectivity index (χ2n) is 6.93. The molecule has 3 rings (SSSR count). The summed E-state index contributed by atoms with van der Waals surface area (Å²) in [5.41, 5.74) is 1.40. The first-order valence-corrected chi connectivity index (χ1v) is 11.1. The molecular weight excluding hydrogens is 482 g/mol. The molecule has 9 heteroatoms. The number of methoxy groups -OCH3 is 1. The average molecular weight is 506 g/mol. The Labute approximate surface area is 195 Å². The van der Waals surface area contributed by atoms with E-state index in [4.69, 9.17) is 21.7 Å². The summed E-state index contributed by atoms with van der Waals surface area (Å²) in [4.78, 5) is 27.5. The van der Waals surface area contributed by atoms with Crippen LogP contribution in [-0.2, 0) is 4.74 Å². The van der Waals surface area contributed by atoms with E-state index in [0.717, 1.165) is 30.4 Å². The Morgan fingerprint density at radius 2 is 1.84 bits per heavy atom. The molecule has 2 amide bonds. The third-order valence-corrected chi connectivity index (χ3v) is 5.45. The van der Waals surface area contributed by atoms with Gasteiger partial charge in [0.25, 0.3) is 11.8 Å². The fraction of sp³-hybridized carbons (Fsp3) is 0.318. The van der Waals surface area contributed by atoms with Gasteiger partial charge in [-0.15, -0.1) is 0 Å². The number of anilines is 1. The van der Waals surface area contributed by atoms with Crippen LogP contribution in [0.2, 0.25) is 0 Å². The number of rotatable bonds is 7. The van der Waals surface area contributed by atoms with Crippen LogP contribution in [0.5, 0.6) is 5.75 Å². The summed E-state index contributed by atoms with van der Waals surface area (Å²) in [6.45, 7) is 2.22. The number of carbonyl (C=O) groups is 2. The molecule has 0 radical (unpaired) electrons. The van der Waals surface area contributed by atoms with E-state index in [2.05, 4.69) is 26.6 Å². The van der Waals surface area contributed by atoms with Crippen LogP contribution in [0.3, 0.4) is 0 Å². The summed E-state index contributed by atoms with van der Waals surface area (Å²) in [5, 5.41) is 5.74. The van der Waals surface area contributed by atoms with Crippen molar-refractivity contribution in [3.8, 4) is 5.75 Å². The Hall–Kier alpha value is -2.49. The maximum Gasteiger partial charge on any atom is 0.261 e. The van der Waals surface area contributed by atoms with E-state index in [-0.39, 0.29) is 11.0 Å². The lowest BCUT2D eigenvalue weighted by Gasteiger charge is -2.19. The highest BCUT2D eigenvalue weighted by Crippen LogP contribution is 2.24. The molecule has 2 aromatic rings. The molecule has 0 aromatic heterocycles. The fourth-order valence-corrected chi connectivity index (χ4v) is 3.80. The average Bonchev–Trinajstić information content (AvgIpc) is 3.29. The number of hydrogen-bond donors (Lipinski definition) is 2. The topological polar surface area (TPSA) is 79.9 Å². The van der Waals surface area contributed by atoms with Crippen molar-refractivity contribution >= 4 is 50.8 Å². The van der Waals surface area contributed by atoms with Crippen LogP contribution >= 0.6 is 28.1 Å². The zero-order valence-corrected chi connectivity index (χ0v) is 19.6. The summed E-state index contributed by atoms with van der Waals surface area (Å²) in [5.74, 6) is -0.0460. The Morgan fingerprint density at radius 3 is 2.58 bits per heavy atom. The molecular formula is C22H24BrN3O4S. The molecule has 0 saturated carbocycles. The van der Waals surface area contributed by atoms with Crippen LogP contribution in [0.4, 0.5) is 5.69 Å². The molecule has 0 bridgehead atoms. The van der Waals surface area contributed by atoms with Crippen LogP contribution in [0.25, 0.3) is 0 Å². The minimum Gasteiger partial charge on any atom is -0.490 e. The largest absolute Gasteiger partial charge is 0.490 e. The van der Waals surface area contributed by atoms with Gasteiger partial charge in [-0.3, -0.25) is 14.9 Å².